The molecule has 6 heteroatoms. The van der Waals surface area contributed by atoms with E-state index in [-0.39, 0.29) is 12.6 Å². The van der Waals surface area contributed by atoms with E-state index in [1.807, 2.05) is 0 Å². The van der Waals surface area contributed by atoms with E-state index in [1.54, 1.807) is 0 Å². The van der Waals surface area contributed by atoms with Gasteiger partial charge in [-0.3, -0.25) is 0 Å². The molecule has 0 aromatic carbocycles. The van der Waals surface area contributed by atoms with E-state index >= 15 is 0 Å². The van der Waals surface area contributed by atoms with Crippen LogP contribution in [-0.2, 0) is 19.1 Å². The first kappa shape index (κ1) is 10.9. The summed E-state index contributed by atoms with van der Waals surface area (Å²) in [7, 11) is 0. The molecule has 0 spiro atoms. The maximum absolute atomic E-state index is 10.1. The molecule has 1 heterocycles. The second kappa shape index (κ2) is 6.56. The molecule has 0 aliphatic carbocycles. The Morgan fingerprint density at radius 3 is 2.25 bits per heavy atom. The Morgan fingerprint density at radius 2 is 2.08 bits per heavy atom. The van der Waals surface area contributed by atoms with E-state index in [1.165, 1.54) is 0 Å². The van der Waals surface area contributed by atoms with Gasteiger partial charge >= 0.3 is 11.9 Å². The Labute approximate surface area is 68.7 Å². The van der Waals surface area contributed by atoms with Crippen molar-refractivity contribution in [3.63, 3.8) is 0 Å². The van der Waals surface area contributed by atoms with E-state index in [2.05, 4.69) is 4.74 Å². The molecule has 1 saturated heterocycles. The summed E-state index contributed by atoms with van der Waals surface area (Å²) in [6.45, 7) is 0.310. The summed E-state index contributed by atoms with van der Waals surface area (Å²) in [5, 5.41) is 15.0. The first-order valence-electron chi connectivity index (χ1n) is 3.23. The molecule has 6 nitrogen and oxygen atoms in total. The van der Waals surface area contributed by atoms with Gasteiger partial charge in [0.1, 0.15) is 19.8 Å². The second-order valence-corrected chi connectivity index (χ2v) is 1.82. The Bertz CT molecular complexity index is 146. The predicted octanol–water partition coefficient (Wildman–Crippen LogP) is -1.38. The van der Waals surface area contributed by atoms with E-state index in [9.17, 15) is 4.79 Å². The van der Waals surface area contributed by atoms with Crippen LogP contribution in [0.3, 0.4) is 0 Å². The Balaban J connectivity index is 0.000000217. The van der Waals surface area contributed by atoms with Crippen LogP contribution in [0.25, 0.3) is 0 Å². The average Bonchev–Trinajstić information content (AvgIpc) is 2.07. The number of rotatable bonds is 1. The minimum Gasteiger partial charge on any atom is -0.480 e. The number of esters is 1. The highest BCUT2D eigenvalue weighted by Gasteiger charge is 2.06. The van der Waals surface area contributed by atoms with Crippen molar-refractivity contribution in [3.8, 4) is 0 Å². The van der Waals surface area contributed by atoms with Crippen LogP contribution in [0.1, 0.15) is 0 Å². The highest BCUT2D eigenvalue weighted by molar-refractivity contribution is 5.71. The second-order valence-electron chi connectivity index (χ2n) is 1.82. The lowest BCUT2D eigenvalue weighted by Gasteiger charge is -2.09. The molecule has 12 heavy (non-hydrogen) atoms. The van der Waals surface area contributed by atoms with Crippen LogP contribution in [0, 0.1) is 0 Å². The Hall–Kier alpha value is -1.14. The lowest BCUT2D eigenvalue weighted by atomic mass is 10.6. The molecule has 0 bridgehead atoms. The van der Waals surface area contributed by atoms with Gasteiger partial charge in [-0.1, -0.05) is 0 Å². The molecule has 1 rings (SSSR count). The van der Waals surface area contributed by atoms with Gasteiger partial charge in [0.05, 0.1) is 6.61 Å². The van der Waals surface area contributed by atoms with Crippen LogP contribution in [0.2, 0.25) is 0 Å². The molecular formula is C6H10O6. The normalized spacial score (nSPS) is 15.6. The van der Waals surface area contributed by atoms with E-state index in [4.69, 9.17) is 19.7 Å². The first-order chi connectivity index (χ1) is 5.66. The van der Waals surface area contributed by atoms with Crippen molar-refractivity contribution >= 4 is 11.9 Å². The van der Waals surface area contributed by atoms with Crippen molar-refractivity contribution in [2.45, 2.75) is 0 Å². The molecule has 0 saturated carbocycles. The van der Waals surface area contributed by atoms with Crippen molar-refractivity contribution in [1.29, 1.82) is 0 Å². The summed E-state index contributed by atoms with van der Waals surface area (Å²) in [5.74, 6) is -1.45. The maximum atomic E-state index is 10.1. The van der Waals surface area contributed by atoms with Crippen molar-refractivity contribution in [3.05, 3.63) is 0 Å². The number of aliphatic hydroxyl groups excluding tert-OH is 1. The quantitative estimate of drug-likeness (QED) is 0.481. The van der Waals surface area contributed by atoms with Gasteiger partial charge in [-0.2, -0.15) is 0 Å². The predicted molar refractivity (Wildman–Crippen MR) is 36.5 cm³/mol. The third-order valence-electron chi connectivity index (χ3n) is 0.846. The van der Waals surface area contributed by atoms with Gasteiger partial charge in [-0.05, 0) is 0 Å². The molecule has 70 valence electrons. The van der Waals surface area contributed by atoms with Gasteiger partial charge in [0.25, 0.3) is 0 Å². The van der Waals surface area contributed by atoms with Crippen LogP contribution < -0.4 is 0 Å². The molecule has 0 unspecified atom stereocenters. The number of carboxylic acids is 1. The molecule has 0 radical (unpaired) electrons. The van der Waals surface area contributed by atoms with Gasteiger partial charge in [0, 0.05) is 0 Å². The van der Waals surface area contributed by atoms with E-state index in [0.717, 1.165) is 0 Å². The minimum atomic E-state index is -1.19. The van der Waals surface area contributed by atoms with Crippen molar-refractivity contribution in [2.24, 2.45) is 0 Å². The smallest absolute Gasteiger partial charge is 0.332 e. The number of carbonyl (C=O) groups is 2. The van der Waals surface area contributed by atoms with Crippen molar-refractivity contribution < 1.29 is 29.3 Å². The van der Waals surface area contributed by atoms with Crippen LogP contribution in [-0.4, -0.2) is 48.6 Å². The fourth-order valence-corrected chi connectivity index (χ4v) is 0.412. The molecule has 0 aromatic rings. The van der Waals surface area contributed by atoms with Gasteiger partial charge in [-0.25, -0.2) is 9.59 Å². The summed E-state index contributed by atoms with van der Waals surface area (Å²) in [4.78, 5) is 19.2. The fourth-order valence-electron chi connectivity index (χ4n) is 0.412. The Kier molecular flexibility index (Phi) is 5.94. The highest BCUT2D eigenvalue weighted by Crippen LogP contribution is 1.88. The number of aliphatic carboxylic acids is 1. The highest BCUT2D eigenvalue weighted by atomic mass is 16.6. The largest absolute Gasteiger partial charge is 0.480 e. The minimum absolute atomic E-state index is 0.125. The van der Waals surface area contributed by atoms with Gasteiger partial charge in [0.2, 0.25) is 0 Å². The SMILES string of the molecule is O=C(O)CO.O=C1COCCO1. The number of carboxylic acid groups (broad SMARTS) is 1. The van der Waals surface area contributed by atoms with E-state index < -0.39 is 12.6 Å². The maximum Gasteiger partial charge on any atom is 0.332 e. The summed E-state index contributed by atoms with van der Waals surface area (Å²) in [6.07, 6.45) is 0. The van der Waals surface area contributed by atoms with Gasteiger partial charge in [0.15, 0.2) is 0 Å². The molecule has 2 N–H and O–H groups in total. The zero-order valence-electron chi connectivity index (χ0n) is 6.36. The lowest BCUT2D eigenvalue weighted by Crippen LogP contribution is -2.22. The molecule has 0 atom stereocenters. The van der Waals surface area contributed by atoms with Crippen molar-refractivity contribution in [2.75, 3.05) is 26.4 Å². The summed E-state index contributed by atoms with van der Waals surface area (Å²) in [6, 6.07) is 0. The van der Waals surface area contributed by atoms with Crippen LogP contribution >= 0.6 is 0 Å². The van der Waals surface area contributed by atoms with Crippen LogP contribution in [0.4, 0.5) is 0 Å². The fraction of sp³-hybridized carbons (Fsp3) is 0.667. The monoisotopic (exact) mass is 178 g/mol. The van der Waals surface area contributed by atoms with E-state index in [0.29, 0.717) is 13.2 Å². The molecule has 0 aromatic heterocycles. The number of ether oxygens (including phenoxy) is 2. The molecule has 1 aliphatic rings. The standard InChI is InChI=1S/C4H6O3.C2H4O3/c5-4-3-6-1-2-7-4;3-1-2(4)5/h1-3H2;3H,1H2,(H,4,5). The lowest BCUT2D eigenvalue weighted by molar-refractivity contribution is -0.159. The number of hydrogen-bond donors (Lipinski definition) is 2. The number of hydrogen-bond acceptors (Lipinski definition) is 5. The van der Waals surface area contributed by atoms with Crippen LogP contribution in [0.15, 0.2) is 0 Å². The van der Waals surface area contributed by atoms with Crippen LogP contribution in [0.5, 0.6) is 0 Å². The third-order valence-corrected chi connectivity index (χ3v) is 0.846. The first-order valence-corrected chi connectivity index (χ1v) is 3.23. The summed E-state index contributed by atoms with van der Waals surface area (Å²) >= 11 is 0. The molecule has 0 amide bonds. The third kappa shape index (κ3) is 6.97. The van der Waals surface area contributed by atoms with Crippen molar-refractivity contribution in [1.82, 2.24) is 0 Å². The molecule has 1 aliphatic heterocycles. The van der Waals surface area contributed by atoms with Gasteiger partial charge in [-0.15, -0.1) is 0 Å². The van der Waals surface area contributed by atoms with Gasteiger partial charge < -0.3 is 19.7 Å². The number of cyclic esters (lactones) is 1. The number of carbonyl (C=O) groups excluding carboxylic acids is 1. The topological polar surface area (TPSA) is 93.1 Å². The Morgan fingerprint density at radius 1 is 1.50 bits per heavy atom. The summed E-state index contributed by atoms with van der Waals surface area (Å²) in [5.41, 5.74) is 0. The average molecular weight is 178 g/mol. The zero-order chi connectivity index (χ0) is 9.40. The molecule has 1 fully saturated rings. The summed E-state index contributed by atoms with van der Waals surface area (Å²) < 4.78 is 9.22. The molecular weight excluding hydrogens is 168 g/mol. The zero-order valence-corrected chi connectivity index (χ0v) is 6.36. The number of aliphatic hydroxyl groups is 1.